The fourth-order valence-corrected chi connectivity index (χ4v) is 3.51. The van der Waals surface area contributed by atoms with Gasteiger partial charge in [0.15, 0.2) is 0 Å². The highest BCUT2D eigenvalue weighted by Gasteiger charge is 2.19. The number of nitrogens with one attached hydrogen (secondary N) is 1. The molecule has 1 aromatic heterocycles. The van der Waals surface area contributed by atoms with Gasteiger partial charge in [0.25, 0.3) is 5.91 Å². The molecule has 2 aliphatic rings. The number of piperidine rings is 1. The van der Waals surface area contributed by atoms with Gasteiger partial charge in [-0.05, 0) is 37.7 Å². The number of amides is 1. The molecular weight excluding hydrogens is 274 g/mol. The molecule has 1 saturated carbocycles. The minimum atomic E-state index is 0.0339. The lowest BCUT2D eigenvalue weighted by molar-refractivity contribution is 0.0927. The van der Waals surface area contributed by atoms with Crippen LogP contribution in [-0.4, -0.2) is 30.0 Å². The number of carbonyl (C=O) groups is 1. The topological polar surface area (TPSA) is 45.2 Å². The van der Waals surface area contributed by atoms with Gasteiger partial charge in [-0.2, -0.15) is 0 Å². The van der Waals surface area contributed by atoms with Crippen LogP contribution in [-0.2, 0) is 0 Å². The second-order valence-corrected chi connectivity index (χ2v) is 6.91. The molecule has 4 nitrogen and oxygen atoms in total. The summed E-state index contributed by atoms with van der Waals surface area (Å²) in [5, 5.41) is 3.17. The SMILES string of the molecule is CC1CCN(c2cncc(C(=O)NC3CCCCC3)c2)CC1. The van der Waals surface area contributed by atoms with Gasteiger partial charge in [0.1, 0.15) is 0 Å². The Morgan fingerprint density at radius 2 is 1.86 bits per heavy atom. The Hall–Kier alpha value is -1.58. The Bertz CT molecular complexity index is 503. The summed E-state index contributed by atoms with van der Waals surface area (Å²) in [4.78, 5) is 19.1. The van der Waals surface area contributed by atoms with Crippen LogP contribution in [0, 0.1) is 5.92 Å². The minimum absolute atomic E-state index is 0.0339. The molecular formula is C18H27N3O. The zero-order valence-corrected chi connectivity index (χ0v) is 13.6. The van der Waals surface area contributed by atoms with E-state index in [1.54, 1.807) is 6.20 Å². The highest BCUT2D eigenvalue weighted by molar-refractivity contribution is 5.94. The van der Waals surface area contributed by atoms with E-state index in [1.807, 2.05) is 12.3 Å². The maximum absolute atomic E-state index is 12.4. The Balaban J connectivity index is 1.63. The Morgan fingerprint density at radius 3 is 2.59 bits per heavy atom. The Labute approximate surface area is 133 Å². The van der Waals surface area contributed by atoms with Crippen molar-refractivity contribution in [3.05, 3.63) is 24.0 Å². The number of anilines is 1. The minimum Gasteiger partial charge on any atom is -0.370 e. The lowest BCUT2D eigenvalue weighted by atomic mass is 9.95. The first-order valence-electron chi connectivity index (χ1n) is 8.73. The van der Waals surface area contributed by atoms with Crippen molar-refractivity contribution in [1.82, 2.24) is 10.3 Å². The quantitative estimate of drug-likeness (QED) is 0.931. The van der Waals surface area contributed by atoms with Gasteiger partial charge in [-0.15, -0.1) is 0 Å². The normalized spacial score (nSPS) is 20.9. The molecule has 2 fully saturated rings. The molecule has 0 spiro atoms. The monoisotopic (exact) mass is 301 g/mol. The zero-order chi connectivity index (χ0) is 15.4. The van der Waals surface area contributed by atoms with E-state index >= 15 is 0 Å². The molecule has 1 saturated heterocycles. The fraction of sp³-hybridized carbons (Fsp3) is 0.667. The molecule has 3 rings (SSSR count). The standard InChI is InChI=1S/C18H27N3O/c1-14-7-9-21(10-8-14)17-11-15(12-19-13-17)18(22)20-16-5-3-2-4-6-16/h11-14,16H,2-10H2,1H3,(H,20,22). The molecule has 0 aromatic carbocycles. The van der Waals surface area contributed by atoms with Gasteiger partial charge >= 0.3 is 0 Å². The van der Waals surface area contributed by atoms with Crippen LogP contribution in [0.4, 0.5) is 5.69 Å². The molecule has 1 N–H and O–H groups in total. The van der Waals surface area contributed by atoms with Crippen molar-refractivity contribution >= 4 is 11.6 Å². The van der Waals surface area contributed by atoms with E-state index in [9.17, 15) is 4.79 Å². The van der Waals surface area contributed by atoms with Gasteiger partial charge in [-0.25, -0.2) is 0 Å². The first-order chi connectivity index (χ1) is 10.7. The largest absolute Gasteiger partial charge is 0.370 e. The predicted molar refractivity (Wildman–Crippen MR) is 89.2 cm³/mol. The molecule has 1 aliphatic carbocycles. The average Bonchev–Trinajstić information content (AvgIpc) is 2.56. The van der Waals surface area contributed by atoms with Gasteiger partial charge in [0.2, 0.25) is 0 Å². The van der Waals surface area contributed by atoms with Crippen LogP contribution < -0.4 is 10.2 Å². The summed E-state index contributed by atoms with van der Waals surface area (Å²) in [6.07, 6.45) is 12.0. The molecule has 1 aliphatic heterocycles. The van der Waals surface area contributed by atoms with Crippen molar-refractivity contribution < 1.29 is 4.79 Å². The molecule has 0 bridgehead atoms. The summed E-state index contributed by atoms with van der Waals surface area (Å²) in [6, 6.07) is 2.35. The highest BCUT2D eigenvalue weighted by Crippen LogP contribution is 2.23. The maximum Gasteiger partial charge on any atom is 0.253 e. The Morgan fingerprint density at radius 1 is 1.14 bits per heavy atom. The second-order valence-electron chi connectivity index (χ2n) is 6.91. The first kappa shape index (κ1) is 15.3. The van der Waals surface area contributed by atoms with Crippen LogP contribution in [0.15, 0.2) is 18.5 Å². The third-order valence-corrected chi connectivity index (χ3v) is 5.08. The third-order valence-electron chi connectivity index (χ3n) is 5.08. The third kappa shape index (κ3) is 3.79. The molecule has 4 heteroatoms. The summed E-state index contributed by atoms with van der Waals surface area (Å²) in [5.74, 6) is 0.841. The van der Waals surface area contributed by atoms with Crippen LogP contribution >= 0.6 is 0 Å². The van der Waals surface area contributed by atoms with E-state index in [-0.39, 0.29) is 5.91 Å². The van der Waals surface area contributed by atoms with Crippen LogP contribution in [0.5, 0.6) is 0 Å². The van der Waals surface area contributed by atoms with E-state index < -0.39 is 0 Å². The number of hydrogen-bond acceptors (Lipinski definition) is 3. The van der Waals surface area contributed by atoms with Crippen molar-refractivity contribution in [1.29, 1.82) is 0 Å². The van der Waals surface area contributed by atoms with Crippen molar-refractivity contribution in [2.24, 2.45) is 5.92 Å². The smallest absolute Gasteiger partial charge is 0.253 e. The Kier molecular flexibility index (Phi) is 4.96. The number of nitrogens with zero attached hydrogens (tertiary/aromatic N) is 2. The van der Waals surface area contributed by atoms with Crippen molar-refractivity contribution in [3.8, 4) is 0 Å². The molecule has 22 heavy (non-hydrogen) atoms. The van der Waals surface area contributed by atoms with E-state index in [2.05, 4.69) is 22.1 Å². The van der Waals surface area contributed by atoms with Crippen molar-refractivity contribution in [2.75, 3.05) is 18.0 Å². The van der Waals surface area contributed by atoms with Crippen LogP contribution in [0.3, 0.4) is 0 Å². The van der Waals surface area contributed by atoms with Gasteiger partial charge < -0.3 is 10.2 Å². The van der Waals surface area contributed by atoms with Gasteiger partial charge in [0, 0.05) is 25.3 Å². The number of aromatic nitrogens is 1. The summed E-state index contributed by atoms with van der Waals surface area (Å²) in [7, 11) is 0. The maximum atomic E-state index is 12.4. The molecule has 1 amide bonds. The van der Waals surface area contributed by atoms with Gasteiger partial charge in [-0.3, -0.25) is 9.78 Å². The lowest BCUT2D eigenvalue weighted by Crippen LogP contribution is -2.36. The number of pyridine rings is 1. The molecule has 2 heterocycles. The molecule has 0 radical (unpaired) electrons. The fourth-order valence-electron chi connectivity index (χ4n) is 3.51. The lowest BCUT2D eigenvalue weighted by Gasteiger charge is -2.32. The van der Waals surface area contributed by atoms with E-state index in [0.717, 1.165) is 37.5 Å². The molecule has 0 atom stereocenters. The van der Waals surface area contributed by atoms with Gasteiger partial charge in [0.05, 0.1) is 17.4 Å². The van der Waals surface area contributed by atoms with E-state index in [0.29, 0.717) is 11.6 Å². The van der Waals surface area contributed by atoms with Crippen molar-refractivity contribution in [3.63, 3.8) is 0 Å². The van der Waals surface area contributed by atoms with Crippen molar-refractivity contribution in [2.45, 2.75) is 57.9 Å². The zero-order valence-electron chi connectivity index (χ0n) is 13.6. The second kappa shape index (κ2) is 7.12. The van der Waals surface area contributed by atoms with Crippen LogP contribution in [0.1, 0.15) is 62.2 Å². The first-order valence-corrected chi connectivity index (χ1v) is 8.73. The predicted octanol–water partition coefficient (Wildman–Crippen LogP) is 3.38. The highest BCUT2D eigenvalue weighted by atomic mass is 16.1. The number of rotatable bonds is 3. The average molecular weight is 301 g/mol. The van der Waals surface area contributed by atoms with E-state index in [1.165, 1.54) is 32.1 Å². The number of carbonyl (C=O) groups excluding carboxylic acids is 1. The van der Waals surface area contributed by atoms with Gasteiger partial charge in [-0.1, -0.05) is 26.2 Å². The molecule has 120 valence electrons. The van der Waals surface area contributed by atoms with Crippen LogP contribution in [0.2, 0.25) is 0 Å². The van der Waals surface area contributed by atoms with Crippen LogP contribution in [0.25, 0.3) is 0 Å². The summed E-state index contributed by atoms with van der Waals surface area (Å²) >= 11 is 0. The van der Waals surface area contributed by atoms with E-state index in [4.69, 9.17) is 0 Å². The molecule has 0 unspecified atom stereocenters. The summed E-state index contributed by atoms with van der Waals surface area (Å²) in [5.41, 5.74) is 1.78. The molecule has 1 aromatic rings. The number of hydrogen-bond donors (Lipinski definition) is 1. The summed E-state index contributed by atoms with van der Waals surface area (Å²) in [6.45, 7) is 4.44. The summed E-state index contributed by atoms with van der Waals surface area (Å²) < 4.78 is 0.